The van der Waals surface area contributed by atoms with Gasteiger partial charge in [-0.25, -0.2) is 4.79 Å². The third-order valence-electron chi connectivity index (χ3n) is 3.21. The average Bonchev–Trinajstić information content (AvgIpc) is 2.40. The number of aromatic carboxylic acids is 1. The minimum absolute atomic E-state index is 0.273. The van der Waals surface area contributed by atoms with E-state index in [9.17, 15) is 4.79 Å². The van der Waals surface area contributed by atoms with Crippen molar-refractivity contribution in [1.29, 1.82) is 5.41 Å². The van der Waals surface area contributed by atoms with Gasteiger partial charge in [-0.1, -0.05) is 0 Å². The van der Waals surface area contributed by atoms with Crippen molar-refractivity contribution in [2.24, 2.45) is 0 Å². The first-order chi connectivity index (χ1) is 7.35. The molecule has 0 aromatic heterocycles. The Morgan fingerprint density at radius 3 is 2.62 bits per heavy atom. The summed E-state index contributed by atoms with van der Waals surface area (Å²) in [6.45, 7) is 3.87. The summed E-state index contributed by atoms with van der Waals surface area (Å²) in [5.74, 6) is -0.440. The number of amidine groups is 1. The maximum Gasteiger partial charge on any atom is 0.335 e. The van der Waals surface area contributed by atoms with Gasteiger partial charge in [0.25, 0.3) is 0 Å². The Hall–Kier alpha value is -1.84. The lowest BCUT2D eigenvalue weighted by Gasteiger charge is -2.20. The van der Waals surface area contributed by atoms with Crippen LogP contribution in [-0.2, 0) is 5.41 Å². The summed E-state index contributed by atoms with van der Waals surface area (Å²) in [6.07, 6.45) is 0. The molecule has 0 unspecified atom stereocenters. The molecule has 84 valence electrons. The van der Waals surface area contributed by atoms with Gasteiger partial charge in [-0.2, -0.15) is 0 Å². The highest BCUT2D eigenvalue weighted by Crippen LogP contribution is 2.41. The fourth-order valence-corrected chi connectivity index (χ4v) is 2.13. The van der Waals surface area contributed by atoms with E-state index in [-0.39, 0.29) is 5.56 Å². The van der Waals surface area contributed by atoms with Gasteiger partial charge in [0.05, 0.1) is 5.56 Å². The van der Waals surface area contributed by atoms with Gasteiger partial charge < -0.3 is 10.0 Å². The van der Waals surface area contributed by atoms with Crippen molar-refractivity contribution < 1.29 is 9.90 Å². The number of nitrogens with zero attached hydrogens (tertiary/aromatic N) is 1. The summed E-state index contributed by atoms with van der Waals surface area (Å²) in [6, 6.07) is 5.00. The van der Waals surface area contributed by atoms with Gasteiger partial charge in [-0.05, 0) is 37.6 Å². The Morgan fingerprint density at radius 1 is 1.44 bits per heavy atom. The van der Waals surface area contributed by atoms with E-state index in [1.807, 2.05) is 20.9 Å². The van der Waals surface area contributed by atoms with Crippen LogP contribution in [0.1, 0.15) is 29.8 Å². The van der Waals surface area contributed by atoms with Crippen molar-refractivity contribution in [3.8, 4) is 0 Å². The molecule has 0 fully saturated rings. The van der Waals surface area contributed by atoms with Crippen LogP contribution < -0.4 is 4.90 Å². The highest BCUT2D eigenvalue weighted by molar-refractivity contribution is 6.09. The molecule has 1 aliphatic rings. The first-order valence-electron chi connectivity index (χ1n) is 5.06. The first-order valence-corrected chi connectivity index (χ1v) is 5.06. The van der Waals surface area contributed by atoms with E-state index in [1.165, 1.54) is 0 Å². The van der Waals surface area contributed by atoms with E-state index in [0.717, 1.165) is 11.3 Å². The third kappa shape index (κ3) is 1.23. The fraction of sp³-hybridized carbons (Fsp3) is 0.333. The first kappa shape index (κ1) is 10.7. The topological polar surface area (TPSA) is 64.4 Å². The number of rotatable bonds is 1. The molecular formula is C12H14N2O2. The molecule has 0 saturated heterocycles. The minimum Gasteiger partial charge on any atom is -0.478 e. The fourth-order valence-electron chi connectivity index (χ4n) is 2.13. The number of hydrogen-bond donors (Lipinski definition) is 2. The summed E-state index contributed by atoms with van der Waals surface area (Å²) >= 11 is 0. The second-order valence-corrected chi connectivity index (χ2v) is 4.57. The van der Waals surface area contributed by atoms with Crippen LogP contribution in [0.3, 0.4) is 0 Å². The average molecular weight is 218 g/mol. The molecule has 1 aromatic rings. The SMILES string of the molecule is CN1C(=N)C(C)(C)c2cc(C(=O)O)ccc21. The molecule has 0 bridgehead atoms. The lowest BCUT2D eigenvalue weighted by molar-refractivity contribution is 0.0697. The molecule has 0 atom stereocenters. The maximum atomic E-state index is 10.9. The normalized spacial score (nSPS) is 17.4. The molecule has 1 aliphatic heterocycles. The van der Waals surface area contributed by atoms with E-state index in [1.54, 1.807) is 23.1 Å². The summed E-state index contributed by atoms with van der Waals surface area (Å²) in [5.41, 5.74) is 1.67. The second-order valence-electron chi connectivity index (χ2n) is 4.57. The Balaban J connectivity index is 2.65. The number of carbonyl (C=O) groups is 1. The number of nitrogens with one attached hydrogen (secondary N) is 1. The number of benzene rings is 1. The molecule has 4 heteroatoms. The zero-order chi connectivity index (χ0) is 12.1. The lowest BCUT2D eigenvalue weighted by Crippen LogP contribution is -2.32. The van der Waals surface area contributed by atoms with E-state index < -0.39 is 11.4 Å². The number of carboxylic acid groups (broad SMARTS) is 1. The molecule has 0 saturated carbocycles. The molecular weight excluding hydrogens is 204 g/mol. The van der Waals surface area contributed by atoms with Crippen molar-refractivity contribution in [3.05, 3.63) is 29.3 Å². The zero-order valence-corrected chi connectivity index (χ0v) is 9.53. The van der Waals surface area contributed by atoms with E-state index in [4.69, 9.17) is 10.5 Å². The van der Waals surface area contributed by atoms with Gasteiger partial charge >= 0.3 is 5.97 Å². The van der Waals surface area contributed by atoms with Crippen LogP contribution in [0.25, 0.3) is 0 Å². The third-order valence-corrected chi connectivity index (χ3v) is 3.21. The minimum atomic E-state index is -0.931. The number of carboxylic acids is 1. The largest absolute Gasteiger partial charge is 0.478 e. The molecule has 1 heterocycles. The van der Waals surface area contributed by atoms with Gasteiger partial charge in [0.15, 0.2) is 0 Å². The molecule has 0 aliphatic carbocycles. The Morgan fingerprint density at radius 2 is 2.06 bits per heavy atom. The van der Waals surface area contributed by atoms with E-state index in [2.05, 4.69) is 0 Å². The van der Waals surface area contributed by atoms with E-state index >= 15 is 0 Å². The number of hydrogen-bond acceptors (Lipinski definition) is 2. The van der Waals surface area contributed by atoms with Crippen LogP contribution in [0, 0.1) is 5.41 Å². The molecule has 16 heavy (non-hydrogen) atoms. The molecule has 2 N–H and O–H groups in total. The van der Waals surface area contributed by atoms with Gasteiger partial charge in [-0.3, -0.25) is 5.41 Å². The molecule has 0 amide bonds. The summed E-state index contributed by atoms with van der Waals surface area (Å²) in [7, 11) is 1.83. The Kier molecular flexibility index (Phi) is 2.05. The van der Waals surface area contributed by atoms with E-state index in [0.29, 0.717) is 5.84 Å². The Labute approximate surface area is 94.0 Å². The van der Waals surface area contributed by atoms with Crippen molar-refractivity contribution in [2.45, 2.75) is 19.3 Å². The molecule has 0 spiro atoms. The van der Waals surface area contributed by atoms with Crippen LogP contribution in [0.15, 0.2) is 18.2 Å². The molecule has 2 rings (SSSR count). The van der Waals surface area contributed by atoms with Crippen LogP contribution >= 0.6 is 0 Å². The van der Waals surface area contributed by atoms with Gasteiger partial charge in [0.2, 0.25) is 0 Å². The second kappa shape index (κ2) is 3.07. The number of fused-ring (bicyclic) bond motifs is 1. The van der Waals surface area contributed by atoms with Crippen LogP contribution in [0.4, 0.5) is 5.69 Å². The standard InChI is InChI=1S/C12H14N2O2/c1-12(2)8-6-7(10(15)16)4-5-9(8)14(3)11(12)13/h4-6,13H,1-3H3,(H,15,16). The predicted molar refractivity (Wildman–Crippen MR) is 62.6 cm³/mol. The zero-order valence-electron chi connectivity index (χ0n) is 9.53. The van der Waals surface area contributed by atoms with Crippen molar-refractivity contribution in [1.82, 2.24) is 0 Å². The van der Waals surface area contributed by atoms with Crippen molar-refractivity contribution >= 4 is 17.5 Å². The molecule has 0 radical (unpaired) electrons. The molecule has 1 aromatic carbocycles. The van der Waals surface area contributed by atoms with Gasteiger partial charge in [0, 0.05) is 18.2 Å². The van der Waals surface area contributed by atoms with Crippen molar-refractivity contribution in [2.75, 3.05) is 11.9 Å². The Bertz CT molecular complexity index is 492. The quantitative estimate of drug-likeness (QED) is 0.758. The van der Waals surface area contributed by atoms with Gasteiger partial charge in [0.1, 0.15) is 5.84 Å². The molecule has 4 nitrogen and oxygen atoms in total. The highest BCUT2D eigenvalue weighted by Gasteiger charge is 2.39. The lowest BCUT2D eigenvalue weighted by atomic mass is 9.85. The predicted octanol–water partition coefficient (Wildman–Crippen LogP) is 2.09. The summed E-state index contributed by atoms with van der Waals surface area (Å²) < 4.78 is 0. The summed E-state index contributed by atoms with van der Waals surface area (Å²) in [4.78, 5) is 12.7. The monoisotopic (exact) mass is 218 g/mol. The maximum absolute atomic E-state index is 10.9. The number of anilines is 1. The smallest absolute Gasteiger partial charge is 0.335 e. The van der Waals surface area contributed by atoms with Crippen molar-refractivity contribution in [3.63, 3.8) is 0 Å². The van der Waals surface area contributed by atoms with Crippen LogP contribution in [-0.4, -0.2) is 24.0 Å². The van der Waals surface area contributed by atoms with Gasteiger partial charge in [-0.15, -0.1) is 0 Å². The van der Waals surface area contributed by atoms with Crippen LogP contribution in [0.5, 0.6) is 0 Å². The number of likely N-dealkylation sites (N-methyl/N-ethyl adjacent to an activating group) is 1. The van der Waals surface area contributed by atoms with Crippen LogP contribution in [0.2, 0.25) is 0 Å². The highest BCUT2D eigenvalue weighted by atomic mass is 16.4. The summed E-state index contributed by atoms with van der Waals surface area (Å²) in [5, 5.41) is 17.0.